The molecule has 1 N–H and O–H groups in total. The molecule has 4 rings (SSSR count). The first-order valence-corrected chi connectivity index (χ1v) is 9.48. The van der Waals surface area contributed by atoms with E-state index in [2.05, 4.69) is 32.3 Å². The van der Waals surface area contributed by atoms with Crippen molar-refractivity contribution in [2.75, 3.05) is 35.3 Å². The molecule has 1 aliphatic rings. The fraction of sp³-hybridized carbons (Fsp3) is 0.227. The van der Waals surface area contributed by atoms with Gasteiger partial charge >= 0.3 is 0 Å². The average Bonchev–Trinajstić information content (AvgIpc) is 3.29. The third-order valence-electron chi connectivity index (χ3n) is 4.94. The van der Waals surface area contributed by atoms with E-state index in [1.54, 1.807) is 24.3 Å². The first-order chi connectivity index (χ1) is 13.7. The zero-order chi connectivity index (χ0) is 19.3. The molecular weight excluding hydrogens is 350 g/mol. The quantitative estimate of drug-likeness (QED) is 0.730. The minimum atomic E-state index is -0.146. The molecule has 1 aromatic heterocycles. The van der Waals surface area contributed by atoms with E-state index in [1.807, 2.05) is 42.5 Å². The molecular formula is C22H23N5O. The number of nitrogens with zero attached hydrogens (tertiary/aromatic N) is 4. The Bertz CT molecular complexity index is 919. The van der Waals surface area contributed by atoms with Crippen LogP contribution in [0.15, 0.2) is 67.0 Å². The lowest BCUT2D eigenvalue weighted by molar-refractivity contribution is 0.0992. The number of hydrogen-bond acceptors (Lipinski definition) is 5. The zero-order valence-electron chi connectivity index (χ0n) is 15.9. The summed E-state index contributed by atoms with van der Waals surface area (Å²) in [4.78, 5) is 25.2. The maximum atomic E-state index is 12.6. The van der Waals surface area contributed by atoms with Crippen LogP contribution in [0, 0.1) is 0 Å². The second kappa shape index (κ2) is 8.08. The van der Waals surface area contributed by atoms with Crippen LogP contribution < -0.4 is 15.1 Å². The highest BCUT2D eigenvalue weighted by Gasteiger charge is 2.15. The Morgan fingerprint density at radius 1 is 0.964 bits per heavy atom. The summed E-state index contributed by atoms with van der Waals surface area (Å²) in [5.74, 6) is 0.320. The molecule has 2 heterocycles. The first kappa shape index (κ1) is 18.0. The van der Waals surface area contributed by atoms with Gasteiger partial charge in [-0.2, -0.15) is 0 Å². The van der Waals surface area contributed by atoms with Crippen LogP contribution in [0.1, 0.15) is 23.2 Å². The van der Waals surface area contributed by atoms with E-state index in [9.17, 15) is 4.79 Å². The van der Waals surface area contributed by atoms with Crippen molar-refractivity contribution in [1.82, 2.24) is 9.97 Å². The SMILES string of the molecule is CN(C(=O)c1cnc(Nc2ccc(N3CCCC3)cc2)nc1)c1ccccc1. The molecule has 0 atom stereocenters. The number of amides is 1. The van der Waals surface area contributed by atoms with E-state index in [-0.39, 0.29) is 5.91 Å². The number of anilines is 4. The Balaban J connectivity index is 1.41. The Morgan fingerprint density at radius 3 is 2.25 bits per heavy atom. The number of para-hydroxylation sites is 1. The summed E-state index contributed by atoms with van der Waals surface area (Å²) in [5.41, 5.74) is 3.44. The molecule has 0 spiro atoms. The molecule has 0 saturated carbocycles. The minimum absolute atomic E-state index is 0.146. The standard InChI is InChI=1S/C22H23N5O/c1-26(19-7-3-2-4-8-19)21(28)17-15-23-22(24-16-17)25-18-9-11-20(12-10-18)27-13-5-6-14-27/h2-4,7-12,15-16H,5-6,13-14H2,1H3,(H,23,24,25). The predicted octanol–water partition coefficient (Wildman–Crippen LogP) is 4.10. The predicted molar refractivity (Wildman–Crippen MR) is 112 cm³/mol. The molecule has 0 aliphatic carbocycles. The number of aromatic nitrogens is 2. The Morgan fingerprint density at radius 2 is 1.61 bits per heavy atom. The van der Waals surface area contributed by atoms with Crippen molar-refractivity contribution in [1.29, 1.82) is 0 Å². The van der Waals surface area contributed by atoms with Gasteiger partial charge in [0.2, 0.25) is 5.95 Å². The van der Waals surface area contributed by atoms with E-state index in [0.29, 0.717) is 11.5 Å². The van der Waals surface area contributed by atoms with Crippen LogP contribution in [-0.4, -0.2) is 36.0 Å². The Labute approximate surface area is 164 Å². The van der Waals surface area contributed by atoms with Crippen LogP contribution in [-0.2, 0) is 0 Å². The molecule has 1 fully saturated rings. The van der Waals surface area contributed by atoms with Crippen molar-refractivity contribution in [3.63, 3.8) is 0 Å². The molecule has 142 valence electrons. The molecule has 2 aromatic carbocycles. The molecule has 0 unspecified atom stereocenters. The molecule has 28 heavy (non-hydrogen) atoms. The van der Waals surface area contributed by atoms with Crippen LogP contribution in [0.25, 0.3) is 0 Å². The molecule has 0 radical (unpaired) electrons. The summed E-state index contributed by atoms with van der Waals surface area (Å²) in [7, 11) is 1.74. The number of benzene rings is 2. The molecule has 3 aromatic rings. The second-order valence-corrected chi connectivity index (χ2v) is 6.86. The Kier molecular flexibility index (Phi) is 5.19. The molecule has 1 saturated heterocycles. The smallest absolute Gasteiger partial charge is 0.261 e. The lowest BCUT2D eigenvalue weighted by Crippen LogP contribution is -2.26. The highest BCUT2D eigenvalue weighted by molar-refractivity contribution is 6.05. The molecule has 0 bridgehead atoms. The van der Waals surface area contributed by atoms with Crippen LogP contribution >= 0.6 is 0 Å². The summed E-state index contributed by atoms with van der Waals surface area (Å²) >= 11 is 0. The van der Waals surface area contributed by atoms with Gasteiger partial charge in [0, 0.05) is 49.6 Å². The number of carbonyl (C=O) groups excluding carboxylic acids is 1. The number of hydrogen-bond donors (Lipinski definition) is 1. The number of rotatable bonds is 5. The van der Waals surface area contributed by atoms with Gasteiger partial charge in [-0.15, -0.1) is 0 Å². The van der Waals surface area contributed by atoms with Gasteiger partial charge in [0.15, 0.2) is 0 Å². The fourth-order valence-corrected chi connectivity index (χ4v) is 3.33. The van der Waals surface area contributed by atoms with E-state index < -0.39 is 0 Å². The third kappa shape index (κ3) is 3.96. The van der Waals surface area contributed by atoms with Gasteiger partial charge in [0.1, 0.15) is 0 Å². The molecule has 1 aliphatic heterocycles. The lowest BCUT2D eigenvalue weighted by Gasteiger charge is -2.18. The fourth-order valence-electron chi connectivity index (χ4n) is 3.33. The Hall–Kier alpha value is -3.41. The van der Waals surface area contributed by atoms with E-state index >= 15 is 0 Å². The van der Waals surface area contributed by atoms with Gasteiger partial charge in [0.25, 0.3) is 5.91 Å². The molecule has 6 nitrogen and oxygen atoms in total. The maximum Gasteiger partial charge on any atom is 0.261 e. The van der Waals surface area contributed by atoms with Crippen molar-refractivity contribution in [2.45, 2.75) is 12.8 Å². The third-order valence-corrected chi connectivity index (χ3v) is 4.94. The summed E-state index contributed by atoms with van der Waals surface area (Å²) in [5, 5.41) is 3.18. The van der Waals surface area contributed by atoms with Crippen molar-refractivity contribution >= 4 is 28.9 Å². The largest absolute Gasteiger partial charge is 0.372 e. The summed E-state index contributed by atoms with van der Waals surface area (Å²) in [6.45, 7) is 2.26. The van der Waals surface area contributed by atoms with Gasteiger partial charge in [-0.05, 0) is 49.2 Å². The van der Waals surface area contributed by atoms with Crippen molar-refractivity contribution in [3.05, 3.63) is 72.6 Å². The topological polar surface area (TPSA) is 61.4 Å². The minimum Gasteiger partial charge on any atom is -0.372 e. The van der Waals surface area contributed by atoms with E-state index in [0.717, 1.165) is 24.5 Å². The first-order valence-electron chi connectivity index (χ1n) is 9.48. The van der Waals surface area contributed by atoms with Crippen LogP contribution in [0.3, 0.4) is 0 Å². The average molecular weight is 373 g/mol. The van der Waals surface area contributed by atoms with E-state index in [1.165, 1.54) is 18.5 Å². The van der Waals surface area contributed by atoms with Gasteiger partial charge in [-0.25, -0.2) is 9.97 Å². The highest BCUT2D eigenvalue weighted by Crippen LogP contribution is 2.23. The number of nitrogens with one attached hydrogen (secondary N) is 1. The normalized spacial score (nSPS) is 13.4. The van der Waals surface area contributed by atoms with Crippen molar-refractivity contribution in [2.24, 2.45) is 0 Å². The van der Waals surface area contributed by atoms with Gasteiger partial charge in [-0.1, -0.05) is 18.2 Å². The van der Waals surface area contributed by atoms with Crippen molar-refractivity contribution in [3.8, 4) is 0 Å². The van der Waals surface area contributed by atoms with Crippen molar-refractivity contribution < 1.29 is 4.79 Å². The molecule has 6 heteroatoms. The van der Waals surface area contributed by atoms with Gasteiger partial charge < -0.3 is 15.1 Å². The molecule has 1 amide bonds. The summed E-state index contributed by atoms with van der Waals surface area (Å²) in [6.07, 6.45) is 5.63. The monoisotopic (exact) mass is 373 g/mol. The lowest BCUT2D eigenvalue weighted by atomic mass is 10.2. The van der Waals surface area contributed by atoms with Crippen LogP contribution in [0.2, 0.25) is 0 Å². The van der Waals surface area contributed by atoms with E-state index in [4.69, 9.17) is 0 Å². The highest BCUT2D eigenvalue weighted by atomic mass is 16.2. The summed E-state index contributed by atoms with van der Waals surface area (Å²) in [6, 6.07) is 17.8. The summed E-state index contributed by atoms with van der Waals surface area (Å²) < 4.78 is 0. The zero-order valence-corrected chi connectivity index (χ0v) is 15.9. The maximum absolute atomic E-state index is 12.6. The van der Waals surface area contributed by atoms with Crippen LogP contribution in [0.4, 0.5) is 23.0 Å². The van der Waals surface area contributed by atoms with Crippen LogP contribution in [0.5, 0.6) is 0 Å². The second-order valence-electron chi connectivity index (χ2n) is 6.86. The van der Waals surface area contributed by atoms with Gasteiger partial charge in [0.05, 0.1) is 5.56 Å². The number of carbonyl (C=O) groups is 1. The van der Waals surface area contributed by atoms with Gasteiger partial charge in [-0.3, -0.25) is 4.79 Å².